The van der Waals surface area contributed by atoms with Gasteiger partial charge in [0.1, 0.15) is 17.4 Å². The Bertz CT molecular complexity index is 739. The molecule has 1 heterocycles. The molecule has 5 heteroatoms. The summed E-state index contributed by atoms with van der Waals surface area (Å²) in [4.78, 5) is 7.30. The van der Waals surface area contributed by atoms with Gasteiger partial charge in [-0.15, -0.1) is 0 Å². The molecular weight excluding hydrogens is 299 g/mol. The molecule has 1 aromatic heterocycles. The summed E-state index contributed by atoms with van der Waals surface area (Å²) in [5.74, 6) is 0.308. The Balaban J connectivity index is 2.19. The molecule has 0 unspecified atom stereocenters. The Hall–Kier alpha value is -1.88. The summed E-state index contributed by atoms with van der Waals surface area (Å²) in [6.45, 7) is 0. The summed E-state index contributed by atoms with van der Waals surface area (Å²) >= 11 is 3.27. The molecule has 3 nitrogen and oxygen atoms in total. The van der Waals surface area contributed by atoms with Crippen LogP contribution >= 0.6 is 15.9 Å². The van der Waals surface area contributed by atoms with Crippen molar-refractivity contribution in [3.63, 3.8) is 0 Å². The number of aromatic amines is 1. The normalized spacial score (nSPS) is 11.0. The van der Waals surface area contributed by atoms with Crippen LogP contribution in [0.4, 0.5) is 4.39 Å². The number of hydrogen-bond acceptors (Lipinski definition) is 2. The van der Waals surface area contributed by atoms with Crippen molar-refractivity contribution in [3.8, 4) is 17.1 Å². The molecule has 2 N–H and O–H groups in total. The molecule has 0 saturated heterocycles. The highest BCUT2D eigenvalue weighted by atomic mass is 79.9. The highest BCUT2D eigenvalue weighted by Crippen LogP contribution is 2.31. The van der Waals surface area contributed by atoms with Crippen molar-refractivity contribution in [1.29, 1.82) is 0 Å². The molecule has 18 heavy (non-hydrogen) atoms. The van der Waals surface area contributed by atoms with Gasteiger partial charge >= 0.3 is 0 Å². The molecular formula is C13H8BrFN2O. The zero-order valence-electron chi connectivity index (χ0n) is 9.11. The number of imidazole rings is 1. The third kappa shape index (κ3) is 1.86. The van der Waals surface area contributed by atoms with Crippen LogP contribution in [0.25, 0.3) is 22.4 Å². The van der Waals surface area contributed by atoms with Gasteiger partial charge in [0.25, 0.3) is 0 Å². The van der Waals surface area contributed by atoms with Gasteiger partial charge in [0.2, 0.25) is 0 Å². The maximum atomic E-state index is 13.1. The van der Waals surface area contributed by atoms with Crippen molar-refractivity contribution >= 4 is 27.0 Å². The molecule has 0 aliphatic rings. The first kappa shape index (κ1) is 11.2. The minimum Gasteiger partial charge on any atom is -0.507 e. The largest absolute Gasteiger partial charge is 0.507 e. The molecule has 0 saturated carbocycles. The van der Waals surface area contributed by atoms with E-state index < -0.39 is 0 Å². The highest BCUT2D eigenvalue weighted by Gasteiger charge is 2.10. The second kappa shape index (κ2) is 4.10. The number of fused-ring (bicyclic) bond motifs is 1. The minimum absolute atomic E-state index is 0.115. The second-order valence-corrected chi connectivity index (χ2v) is 4.82. The van der Waals surface area contributed by atoms with E-state index >= 15 is 0 Å². The lowest BCUT2D eigenvalue weighted by molar-refractivity contribution is 0.476. The lowest BCUT2D eigenvalue weighted by Crippen LogP contribution is -1.81. The smallest absolute Gasteiger partial charge is 0.142 e. The van der Waals surface area contributed by atoms with E-state index in [4.69, 9.17) is 0 Å². The van der Waals surface area contributed by atoms with Gasteiger partial charge in [0.05, 0.1) is 16.6 Å². The number of benzene rings is 2. The first-order valence-corrected chi connectivity index (χ1v) is 6.07. The third-order valence-electron chi connectivity index (χ3n) is 2.66. The SMILES string of the molecule is Oc1cc(Br)ccc1-c1nc2ccc(F)cc2[nH]1. The fraction of sp³-hybridized carbons (Fsp3) is 0. The van der Waals surface area contributed by atoms with Gasteiger partial charge in [-0.2, -0.15) is 0 Å². The zero-order chi connectivity index (χ0) is 12.7. The van der Waals surface area contributed by atoms with E-state index in [-0.39, 0.29) is 11.6 Å². The van der Waals surface area contributed by atoms with E-state index in [1.807, 2.05) is 6.07 Å². The molecule has 2 aromatic carbocycles. The van der Waals surface area contributed by atoms with Crippen molar-refractivity contribution in [1.82, 2.24) is 9.97 Å². The number of aromatic nitrogens is 2. The number of hydrogen-bond donors (Lipinski definition) is 2. The molecule has 90 valence electrons. The molecule has 0 aliphatic heterocycles. The predicted octanol–water partition coefficient (Wildman–Crippen LogP) is 3.84. The van der Waals surface area contributed by atoms with Gasteiger partial charge < -0.3 is 10.1 Å². The quantitative estimate of drug-likeness (QED) is 0.717. The molecule has 0 spiro atoms. The standard InChI is InChI=1S/C13H8BrFN2O/c14-7-1-3-9(12(18)5-7)13-16-10-4-2-8(15)6-11(10)17-13/h1-6,18H,(H,16,17). The van der Waals surface area contributed by atoms with E-state index in [1.165, 1.54) is 12.1 Å². The Kier molecular flexibility index (Phi) is 2.56. The Morgan fingerprint density at radius 2 is 2.00 bits per heavy atom. The van der Waals surface area contributed by atoms with Crippen LogP contribution < -0.4 is 0 Å². The number of nitrogens with zero attached hydrogens (tertiary/aromatic N) is 1. The van der Waals surface area contributed by atoms with E-state index in [0.717, 1.165) is 4.47 Å². The number of nitrogens with one attached hydrogen (secondary N) is 1. The molecule has 3 aromatic rings. The number of H-pyrrole nitrogens is 1. The maximum Gasteiger partial charge on any atom is 0.142 e. The van der Waals surface area contributed by atoms with Gasteiger partial charge in [0, 0.05) is 4.47 Å². The highest BCUT2D eigenvalue weighted by molar-refractivity contribution is 9.10. The number of phenols is 1. The summed E-state index contributed by atoms with van der Waals surface area (Å²) in [7, 11) is 0. The fourth-order valence-electron chi connectivity index (χ4n) is 1.81. The summed E-state index contributed by atoms with van der Waals surface area (Å²) in [5.41, 5.74) is 1.84. The van der Waals surface area contributed by atoms with Crippen molar-refractivity contribution in [3.05, 3.63) is 46.7 Å². The Morgan fingerprint density at radius 1 is 1.17 bits per heavy atom. The van der Waals surface area contributed by atoms with E-state index in [0.29, 0.717) is 22.4 Å². The third-order valence-corrected chi connectivity index (χ3v) is 3.15. The average molecular weight is 307 g/mol. The molecule has 0 fully saturated rings. The first-order chi connectivity index (χ1) is 8.63. The molecule has 0 bridgehead atoms. The number of aromatic hydroxyl groups is 1. The van der Waals surface area contributed by atoms with E-state index in [1.54, 1.807) is 18.2 Å². The number of phenolic OH excluding ortho intramolecular Hbond substituents is 1. The summed E-state index contributed by atoms with van der Waals surface area (Å²) < 4.78 is 13.9. The van der Waals surface area contributed by atoms with Crippen LogP contribution in [0.1, 0.15) is 0 Å². The van der Waals surface area contributed by atoms with Crippen LogP contribution in [0.3, 0.4) is 0 Å². The number of rotatable bonds is 1. The number of halogens is 2. The van der Waals surface area contributed by atoms with Gasteiger partial charge in [0.15, 0.2) is 0 Å². The van der Waals surface area contributed by atoms with Crippen LogP contribution in [0.15, 0.2) is 40.9 Å². The summed E-state index contributed by atoms with van der Waals surface area (Å²) in [6.07, 6.45) is 0. The Labute approximate surface area is 110 Å². The molecule has 3 rings (SSSR count). The van der Waals surface area contributed by atoms with Crippen LogP contribution in [0, 0.1) is 5.82 Å². The zero-order valence-corrected chi connectivity index (χ0v) is 10.7. The van der Waals surface area contributed by atoms with Crippen molar-refractivity contribution in [2.45, 2.75) is 0 Å². The van der Waals surface area contributed by atoms with Crippen LogP contribution in [0.5, 0.6) is 5.75 Å². The lowest BCUT2D eigenvalue weighted by atomic mass is 10.2. The van der Waals surface area contributed by atoms with E-state index in [9.17, 15) is 9.50 Å². The molecule has 0 radical (unpaired) electrons. The maximum absolute atomic E-state index is 13.1. The predicted molar refractivity (Wildman–Crippen MR) is 70.9 cm³/mol. The van der Waals surface area contributed by atoms with Gasteiger partial charge in [-0.05, 0) is 36.4 Å². The van der Waals surface area contributed by atoms with Crippen LogP contribution in [-0.4, -0.2) is 15.1 Å². The average Bonchev–Trinajstić information content (AvgIpc) is 2.71. The van der Waals surface area contributed by atoms with Crippen molar-refractivity contribution in [2.75, 3.05) is 0 Å². The van der Waals surface area contributed by atoms with Gasteiger partial charge in [-0.25, -0.2) is 9.37 Å². The molecule has 0 atom stereocenters. The van der Waals surface area contributed by atoms with Gasteiger partial charge in [-0.3, -0.25) is 0 Å². The van der Waals surface area contributed by atoms with Crippen LogP contribution in [0.2, 0.25) is 0 Å². The first-order valence-electron chi connectivity index (χ1n) is 5.27. The Morgan fingerprint density at radius 3 is 2.78 bits per heavy atom. The van der Waals surface area contributed by atoms with E-state index in [2.05, 4.69) is 25.9 Å². The van der Waals surface area contributed by atoms with Gasteiger partial charge in [-0.1, -0.05) is 15.9 Å². The van der Waals surface area contributed by atoms with Crippen LogP contribution in [-0.2, 0) is 0 Å². The minimum atomic E-state index is -0.322. The molecule has 0 aliphatic carbocycles. The molecule has 0 amide bonds. The van der Waals surface area contributed by atoms with Crippen molar-refractivity contribution < 1.29 is 9.50 Å². The lowest BCUT2D eigenvalue weighted by Gasteiger charge is -2.00. The topological polar surface area (TPSA) is 48.9 Å². The monoisotopic (exact) mass is 306 g/mol. The fourth-order valence-corrected chi connectivity index (χ4v) is 2.16. The summed E-state index contributed by atoms with van der Waals surface area (Å²) in [6, 6.07) is 9.47. The van der Waals surface area contributed by atoms with Crippen molar-refractivity contribution in [2.24, 2.45) is 0 Å². The second-order valence-electron chi connectivity index (χ2n) is 3.91. The summed E-state index contributed by atoms with van der Waals surface area (Å²) in [5, 5.41) is 9.86.